The summed E-state index contributed by atoms with van der Waals surface area (Å²) in [6, 6.07) is -1.89. The fraction of sp³-hybridized carbons (Fsp3) is 0.750. The van der Waals surface area contributed by atoms with Crippen molar-refractivity contribution in [2.45, 2.75) is 12.2 Å². The van der Waals surface area contributed by atoms with E-state index in [4.69, 9.17) is 0 Å². The van der Waals surface area contributed by atoms with Gasteiger partial charge in [-0.05, 0) is 0 Å². The van der Waals surface area contributed by atoms with Crippen LogP contribution in [0, 0.1) is 11.8 Å². The summed E-state index contributed by atoms with van der Waals surface area (Å²) >= 11 is 0. The zero-order valence-corrected chi connectivity index (χ0v) is 7.84. The summed E-state index contributed by atoms with van der Waals surface area (Å²) in [5, 5.41) is 2.19. The van der Waals surface area contributed by atoms with Crippen molar-refractivity contribution in [3.8, 4) is 0 Å². The molecule has 7 heteroatoms. The zero-order chi connectivity index (χ0) is 11.4. The van der Waals surface area contributed by atoms with Crippen LogP contribution in [-0.4, -0.2) is 42.5 Å². The number of nitrogens with zero attached hydrogens (tertiary/aromatic N) is 1. The molecule has 2 aliphatic heterocycles. The number of hydrogen-bond acceptors (Lipinski definition) is 3. The maximum Gasteiger partial charge on any atom is 0.404 e. The Balaban J connectivity index is 2.31. The van der Waals surface area contributed by atoms with E-state index in [1.165, 1.54) is 7.05 Å². The summed E-state index contributed by atoms with van der Waals surface area (Å²) in [4.78, 5) is 23.6. The summed E-state index contributed by atoms with van der Waals surface area (Å²) < 4.78 is 37.4. The van der Waals surface area contributed by atoms with Gasteiger partial charge in [0.1, 0.15) is 6.04 Å². The number of carbonyl (C=O) groups excluding carboxylic acids is 2. The van der Waals surface area contributed by atoms with Crippen molar-refractivity contribution in [1.29, 1.82) is 0 Å². The molecule has 2 aliphatic rings. The summed E-state index contributed by atoms with van der Waals surface area (Å²) in [7, 11) is 1.22. The molecule has 0 aromatic rings. The fourth-order valence-electron chi connectivity index (χ4n) is 2.20. The van der Waals surface area contributed by atoms with Gasteiger partial charge in [-0.2, -0.15) is 13.2 Å². The number of amides is 2. The average molecular weight is 222 g/mol. The van der Waals surface area contributed by atoms with Gasteiger partial charge in [-0.1, -0.05) is 0 Å². The zero-order valence-electron chi connectivity index (χ0n) is 7.84. The van der Waals surface area contributed by atoms with Crippen LogP contribution >= 0.6 is 0 Å². The maximum atomic E-state index is 12.5. The summed E-state index contributed by atoms with van der Waals surface area (Å²) in [6.45, 7) is -0.0796. The number of halogens is 3. The van der Waals surface area contributed by atoms with Crippen molar-refractivity contribution in [1.82, 2.24) is 10.2 Å². The molecule has 4 nitrogen and oxygen atoms in total. The predicted molar refractivity (Wildman–Crippen MR) is 42.6 cm³/mol. The largest absolute Gasteiger partial charge is 0.404 e. The highest BCUT2D eigenvalue weighted by Crippen LogP contribution is 2.39. The molecular weight excluding hydrogens is 213 g/mol. The lowest BCUT2D eigenvalue weighted by molar-refractivity contribution is -0.167. The highest BCUT2D eigenvalue weighted by Gasteiger charge is 2.60. The first kappa shape index (κ1) is 10.4. The summed E-state index contributed by atoms with van der Waals surface area (Å²) in [5.74, 6) is -3.39. The van der Waals surface area contributed by atoms with Crippen LogP contribution in [0.4, 0.5) is 13.2 Å². The fourth-order valence-corrected chi connectivity index (χ4v) is 2.20. The van der Waals surface area contributed by atoms with Gasteiger partial charge >= 0.3 is 6.18 Å². The number of fused-ring (bicyclic) bond motifs is 1. The highest BCUT2D eigenvalue weighted by molar-refractivity contribution is 6.05. The van der Waals surface area contributed by atoms with Crippen LogP contribution in [0.2, 0.25) is 0 Å². The predicted octanol–water partition coefficient (Wildman–Crippen LogP) is -0.249. The number of imide groups is 1. The molecule has 0 saturated carbocycles. The van der Waals surface area contributed by atoms with Gasteiger partial charge in [0, 0.05) is 13.6 Å². The molecule has 15 heavy (non-hydrogen) atoms. The Morgan fingerprint density at radius 3 is 2.47 bits per heavy atom. The van der Waals surface area contributed by atoms with E-state index in [2.05, 4.69) is 5.32 Å². The minimum absolute atomic E-state index is 0.0796. The Bertz CT molecular complexity index is 328. The van der Waals surface area contributed by atoms with E-state index in [1.54, 1.807) is 0 Å². The SMILES string of the molecule is CN1C(=O)[C@@H]2[C@H](C(F)(F)F)NC[C@H]2C1=O. The molecule has 2 fully saturated rings. The molecule has 0 aliphatic carbocycles. The van der Waals surface area contributed by atoms with Crippen molar-refractivity contribution in [2.24, 2.45) is 11.8 Å². The number of alkyl halides is 3. The van der Waals surface area contributed by atoms with E-state index in [0.717, 1.165) is 4.90 Å². The second-order valence-electron chi connectivity index (χ2n) is 3.80. The first-order valence-corrected chi connectivity index (χ1v) is 4.45. The van der Waals surface area contributed by atoms with E-state index in [0.29, 0.717) is 0 Å². The van der Waals surface area contributed by atoms with Gasteiger partial charge in [-0.25, -0.2) is 0 Å². The standard InChI is InChI=1S/C8H9F3N2O2/c1-13-6(14)3-2-12-5(8(9,10)11)4(3)7(13)15/h3-5,12H,2H2,1H3/t3-,4+,5-/m1/s1. The van der Waals surface area contributed by atoms with Gasteiger partial charge in [-0.15, -0.1) is 0 Å². The monoisotopic (exact) mass is 222 g/mol. The Morgan fingerprint density at radius 1 is 1.33 bits per heavy atom. The summed E-state index contributed by atoms with van der Waals surface area (Å²) in [6.07, 6.45) is -4.49. The molecule has 2 saturated heterocycles. The van der Waals surface area contributed by atoms with Crippen LogP contribution in [0.1, 0.15) is 0 Å². The first-order chi connectivity index (χ1) is 6.84. The quantitative estimate of drug-likeness (QED) is 0.575. The van der Waals surface area contributed by atoms with Crippen LogP contribution in [0.25, 0.3) is 0 Å². The van der Waals surface area contributed by atoms with Crippen molar-refractivity contribution in [2.75, 3.05) is 13.6 Å². The third-order valence-corrected chi connectivity index (χ3v) is 2.97. The maximum absolute atomic E-state index is 12.5. The molecule has 2 heterocycles. The Morgan fingerprint density at radius 2 is 1.93 bits per heavy atom. The molecule has 84 valence electrons. The Labute approximate surface area is 83.4 Å². The van der Waals surface area contributed by atoms with Gasteiger partial charge in [0.05, 0.1) is 11.8 Å². The number of nitrogens with one attached hydrogen (secondary N) is 1. The van der Waals surface area contributed by atoms with E-state index in [-0.39, 0.29) is 6.54 Å². The van der Waals surface area contributed by atoms with Crippen molar-refractivity contribution >= 4 is 11.8 Å². The van der Waals surface area contributed by atoms with Crippen LogP contribution in [-0.2, 0) is 9.59 Å². The van der Waals surface area contributed by atoms with Crippen molar-refractivity contribution < 1.29 is 22.8 Å². The number of hydrogen-bond donors (Lipinski definition) is 1. The molecule has 1 N–H and O–H groups in total. The second kappa shape index (κ2) is 2.94. The van der Waals surface area contributed by atoms with Crippen LogP contribution in [0.15, 0.2) is 0 Å². The van der Waals surface area contributed by atoms with Gasteiger partial charge in [0.15, 0.2) is 0 Å². The van der Waals surface area contributed by atoms with E-state index >= 15 is 0 Å². The molecule has 2 rings (SSSR count). The minimum Gasteiger partial charge on any atom is -0.305 e. The molecule has 0 aromatic carbocycles. The molecule has 0 spiro atoms. The van der Waals surface area contributed by atoms with Gasteiger partial charge in [0.2, 0.25) is 11.8 Å². The van der Waals surface area contributed by atoms with E-state index < -0.39 is 35.9 Å². The van der Waals surface area contributed by atoms with Crippen molar-refractivity contribution in [3.05, 3.63) is 0 Å². The lowest BCUT2D eigenvalue weighted by Gasteiger charge is -2.20. The van der Waals surface area contributed by atoms with Gasteiger partial charge < -0.3 is 5.32 Å². The number of likely N-dealkylation sites (tertiary alicyclic amines) is 1. The Hall–Kier alpha value is -1.11. The molecule has 0 bridgehead atoms. The normalized spacial score (nSPS) is 36.3. The van der Waals surface area contributed by atoms with E-state index in [9.17, 15) is 22.8 Å². The van der Waals surface area contributed by atoms with E-state index in [1.807, 2.05) is 0 Å². The topological polar surface area (TPSA) is 49.4 Å². The van der Waals surface area contributed by atoms with Crippen LogP contribution < -0.4 is 5.32 Å². The second-order valence-corrected chi connectivity index (χ2v) is 3.80. The van der Waals surface area contributed by atoms with Gasteiger partial charge in [-0.3, -0.25) is 14.5 Å². The van der Waals surface area contributed by atoms with Crippen molar-refractivity contribution in [3.63, 3.8) is 0 Å². The molecule has 3 atom stereocenters. The minimum atomic E-state index is -4.49. The molecule has 0 aromatic heterocycles. The molecule has 0 radical (unpaired) electrons. The molecule has 2 amide bonds. The van der Waals surface area contributed by atoms with Crippen LogP contribution in [0.3, 0.4) is 0 Å². The highest BCUT2D eigenvalue weighted by atomic mass is 19.4. The first-order valence-electron chi connectivity index (χ1n) is 4.45. The molecule has 0 unspecified atom stereocenters. The average Bonchev–Trinajstić information content (AvgIpc) is 2.63. The third kappa shape index (κ3) is 1.33. The molecular formula is C8H9F3N2O2. The number of carbonyl (C=O) groups is 2. The summed E-state index contributed by atoms with van der Waals surface area (Å²) in [5.41, 5.74) is 0. The lowest BCUT2D eigenvalue weighted by atomic mass is 9.93. The smallest absolute Gasteiger partial charge is 0.305 e. The Kier molecular flexibility index (Phi) is 2.04. The van der Waals surface area contributed by atoms with Gasteiger partial charge in [0.25, 0.3) is 0 Å². The number of rotatable bonds is 0. The van der Waals surface area contributed by atoms with Crippen LogP contribution in [0.5, 0.6) is 0 Å². The lowest BCUT2D eigenvalue weighted by Crippen LogP contribution is -2.45. The third-order valence-electron chi connectivity index (χ3n) is 2.97.